The van der Waals surface area contributed by atoms with Crippen LogP contribution in [0, 0.1) is 11.8 Å². The zero-order chi connectivity index (χ0) is 35.5. The van der Waals surface area contributed by atoms with Crippen molar-refractivity contribution >= 4 is 24.1 Å². The van der Waals surface area contributed by atoms with Crippen molar-refractivity contribution in [1.82, 2.24) is 0 Å². The molecule has 3 aliphatic carbocycles. The summed E-state index contributed by atoms with van der Waals surface area (Å²) in [5.41, 5.74) is -3.19. The van der Waals surface area contributed by atoms with Crippen LogP contribution in [0.4, 0.5) is 0 Å². The Morgan fingerprint density at radius 1 is 1.06 bits per heavy atom. The van der Waals surface area contributed by atoms with Gasteiger partial charge in [-0.15, -0.1) is 0 Å². The number of aliphatic hydroxyl groups excluding tert-OH is 1. The average Bonchev–Trinajstić information content (AvgIpc) is 3.63. The zero-order valence-electron chi connectivity index (χ0n) is 29.5. The van der Waals surface area contributed by atoms with Crippen molar-refractivity contribution in [2.24, 2.45) is 11.8 Å². The van der Waals surface area contributed by atoms with Crippen LogP contribution in [0.25, 0.3) is 6.08 Å². The van der Waals surface area contributed by atoms with Gasteiger partial charge in [0, 0.05) is 35.8 Å². The highest BCUT2D eigenvalue weighted by Crippen LogP contribution is 2.68. The Morgan fingerprint density at radius 2 is 1.78 bits per heavy atom. The number of rotatable bonds is 10. The fourth-order valence-electron chi connectivity index (χ4n) is 9.04. The molecule has 0 amide bonds. The number of epoxide rings is 1. The Morgan fingerprint density at radius 3 is 2.43 bits per heavy atom. The van der Waals surface area contributed by atoms with E-state index in [4.69, 9.17) is 23.7 Å². The largest absolute Gasteiger partial charge is 0.506 e. The highest BCUT2D eigenvalue weighted by atomic mass is 16.6. The van der Waals surface area contributed by atoms with E-state index in [0.29, 0.717) is 36.2 Å². The van der Waals surface area contributed by atoms with Gasteiger partial charge < -0.3 is 33.9 Å². The number of allylic oxidation sites excluding steroid dienone is 4. The van der Waals surface area contributed by atoms with Gasteiger partial charge in [-0.25, -0.2) is 0 Å². The number of Topliss-reactive ketones (excluding diaryl/α,β-unsaturated/α-hetero) is 2. The minimum atomic E-state index is -1.63. The van der Waals surface area contributed by atoms with E-state index in [9.17, 15) is 24.6 Å². The molecule has 2 saturated heterocycles. The van der Waals surface area contributed by atoms with E-state index in [1.165, 1.54) is 5.57 Å². The summed E-state index contributed by atoms with van der Waals surface area (Å²) in [5.74, 6) is -1.29. The maximum absolute atomic E-state index is 14.9. The quantitative estimate of drug-likeness (QED) is 0.134. The Kier molecular flexibility index (Phi) is 7.50. The molecule has 1 aromatic carbocycles. The van der Waals surface area contributed by atoms with Gasteiger partial charge in [-0.1, -0.05) is 17.7 Å². The normalized spacial score (nSPS) is 34.5. The van der Waals surface area contributed by atoms with Crippen molar-refractivity contribution in [3.63, 3.8) is 0 Å². The first-order valence-corrected chi connectivity index (χ1v) is 17.2. The Bertz CT molecular complexity index is 1790. The molecular weight excluding hydrogens is 628 g/mol. The van der Waals surface area contributed by atoms with Crippen LogP contribution in [-0.4, -0.2) is 68.5 Å². The van der Waals surface area contributed by atoms with Gasteiger partial charge in [0.15, 0.2) is 22.8 Å². The third-order valence-corrected chi connectivity index (χ3v) is 11.5. The van der Waals surface area contributed by atoms with Crippen LogP contribution in [0.5, 0.6) is 17.2 Å². The van der Waals surface area contributed by atoms with Crippen LogP contribution >= 0.6 is 0 Å². The monoisotopic (exact) mass is 674 g/mol. The standard InChI is InChI=1S/C39H46O10/c1-20(2)10-9-13-37(8)14-12-23-29(42)28-30(43)25-16-22-17-27-35(4,5)49-38(33(22)44,15-11-21(3)45-19-40)39(25,27)47-32(28)24(31(23)46-37)18-26(41)34-36(6,7)48-34/h10-12,14,16,19,22,26-27,34,41-42H,9,13,15,17-18H2,1-8H3/b21-11-/t22?,26?,27?,34?,37-,38?,39-/m1/s1. The molecule has 5 unspecified atom stereocenters. The lowest BCUT2D eigenvalue weighted by Crippen LogP contribution is -2.72. The molecule has 7 atom stereocenters. The molecule has 4 bridgehead atoms. The van der Waals surface area contributed by atoms with Gasteiger partial charge in [0.05, 0.1) is 22.9 Å². The predicted octanol–water partition coefficient (Wildman–Crippen LogP) is 5.86. The molecule has 10 heteroatoms. The van der Waals surface area contributed by atoms with Gasteiger partial charge in [-0.05, 0) is 92.9 Å². The van der Waals surface area contributed by atoms with Gasteiger partial charge >= 0.3 is 0 Å². The molecule has 7 aliphatic rings. The number of benzene rings is 1. The summed E-state index contributed by atoms with van der Waals surface area (Å²) in [6, 6.07) is 0. The van der Waals surface area contributed by atoms with Crippen molar-refractivity contribution in [2.75, 3.05) is 0 Å². The van der Waals surface area contributed by atoms with Crippen LogP contribution < -0.4 is 9.47 Å². The molecule has 1 spiro atoms. The van der Waals surface area contributed by atoms with E-state index in [2.05, 4.69) is 6.08 Å². The lowest BCUT2D eigenvalue weighted by molar-refractivity contribution is -0.171. The number of aromatic hydroxyl groups is 1. The molecule has 0 radical (unpaired) electrons. The summed E-state index contributed by atoms with van der Waals surface area (Å²) in [6.07, 6.45) is 9.47. The number of phenolic OH excluding ortho intramolecular Hbond substituents is 1. The van der Waals surface area contributed by atoms with Crippen molar-refractivity contribution < 1.29 is 48.3 Å². The second-order valence-electron chi connectivity index (χ2n) is 16.0. The minimum absolute atomic E-state index is 0.00398. The summed E-state index contributed by atoms with van der Waals surface area (Å²) in [7, 11) is 0. The molecule has 4 heterocycles. The Hall–Kier alpha value is -3.73. The summed E-state index contributed by atoms with van der Waals surface area (Å²) < 4.78 is 31.6. The van der Waals surface area contributed by atoms with Crippen molar-refractivity contribution in [1.29, 1.82) is 0 Å². The summed E-state index contributed by atoms with van der Waals surface area (Å²) >= 11 is 0. The topological polar surface area (TPSA) is 141 Å². The molecule has 0 aromatic heterocycles. The van der Waals surface area contributed by atoms with Crippen LogP contribution in [-0.2, 0) is 30.2 Å². The van der Waals surface area contributed by atoms with Gasteiger partial charge in [-0.2, -0.15) is 0 Å². The molecule has 2 N–H and O–H groups in total. The number of carbonyl (C=O) groups is 3. The fraction of sp³-hybridized carbons (Fsp3) is 0.564. The van der Waals surface area contributed by atoms with Crippen molar-refractivity contribution in [3.05, 3.63) is 57.9 Å². The van der Waals surface area contributed by atoms with E-state index < -0.39 is 57.8 Å². The molecular formula is C39H46O10. The minimum Gasteiger partial charge on any atom is -0.506 e. The van der Waals surface area contributed by atoms with Crippen LogP contribution in [0.1, 0.15) is 103 Å². The number of hydrogen-bond donors (Lipinski definition) is 2. The van der Waals surface area contributed by atoms with Crippen LogP contribution in [0.3, 0.4) is 0 Å². The first-order chi connectivity index (χ1) is 22.9. The number of phenols is 1. The molecule has 49 heavy (non-hydrogen) atoms. The lowest BCUT2D eigenvalue weighted by atomic mass is 9.51. The SMILES string of the molecule is CC(C)=CCC[C@]1(C)C=Cc2c(O)c3c(c(CC(O)C4OC4(C)C)c2O1)O[C@]12C(=CC4CC1C(C)(C)OC2(C/C=C(/C)OC=O)C4=O)C3=O. The molecule has 1 aromatic rings. The molecule has 8 rings (SSSR count). The smallest absolute Gasteiger partial charge is 0.298 e. The van der Waals surface area contributed by atoms with E-state index in [1.54, 1.807) is 25.2 Å². The highest BCUT2D eigenvalue weighted by Gasteiger charge is 2.81. The predicted molar refractivity (Wildman–Crippen MR) is 179 cm³/mol. The average molecular weight is 675 g/mol. The van der Waals surface area contributed by atoms with Crippen molar-refractivity contribution in [3.8, 4) is 17.2 Å². The first kappa shape index (κ1) is 33.8. The van der Waals surface area contributed by atoms with Crippen molar-refractivity contribution in [2.45, 2.75) is 128 Å². The number of ether oxygens (including phenoxy) is 5. The molecule has 262 valence electrons. The number of hydrogen-bond acceptors (Lipinski definition) is 10. The second-order valence-corrected chi connectivity index (χ2v) is 16.0. The fourth-order valence-corrected chi connectivity index (χ4v) is 9.04. The first-order valence-electron chi connectivity index (χ1n) is 17.2. The molecule has 4 aliphatic heterocycles. The van der Waals surface area contributed by atoms with Gasteiger partial charge in [0.2, 0.25) is 0 Å². The third-order valence-electron chi connectivity index (χ3n) is 11.5. The maximum atomic E-state index is 14.9. The summed E-state index contributed by atoms with van der Waals surface area (Å²) in [6.45, 7) is 15.6. The van der Waals surface area contributed by atoms with E-state index >= 15 is 0 Å². The second kappa shape index (κ2) is 10.9. The Balaban J connectivity index is 1.43. The highest BCUT2D eigenvalue weighted by molar-refractivity contribution is 6.19. The maximum Gasteiger partial charge on any atom is 0.298 e. The van der Waals surface area contributed by atoms with E-state index in [-0.39, 0.29) is 47.0 Å². The van der Waals surface area contributed by atoms with Gasteiger partial charge in [0.25, 0.3) is 6.47 Å². The van der Waals surface area contributed by atoms with Gasteiger partial charge in [0.1, 0.15) is 40.3 Å². The molecule has 10 nitrogen and oxygen atoms in total. The number of fused-ring (bicyclic) bond motifs is 2. The molecule has 3 fully saturated rings. The molecule has 1 saturated carbocycles. The summed E-state index contributed by atoms with van der Waals surface area (Å²) in [4.78, 5) is 40.4. The zero-order valence-corrected chi connectivity index (χ0v) is 29.5. The number of aliphatic hydroxyl groups is 1. The Labute approximate surface area is 286 Å². The number of ketones is 2. The van der Waals surface area contributed by atoms with E-state index in [1.807, 2.05) is 54.5 Å². The summed E-state index contributed by atoms with van der Waals surface area (Å²) in [5, 5.41) is 23.4. The van der Waals surface area contributed by atoms with Gasteiger partial charge in [-0.3, -0.25) is 14.4 Å². The third kappa shape index (κ3) is 4.81. The lowest BCUT2D eigenvalue weighted by Gasteiger charge is -2.56. The van der Waals surface area contributed by atoms with E-state index in [0.717, 1.165) is 6.42 Å². The van der Waals surface area contributed by atoms with Crippen LogP contribution in [0.15, 0.2) is 41.2 Å². The van der Waals surface area contributed by atoms with Crippen LogP contribution in [0.2, 0.25) is 0 Å². The number of carbonyl (C=O) groups excluding carboxylic acids is 3.